The number of benzene rings is 4. The zero-order valence-electron chi connectivity index (χ0n) is 17.9. The first-order chi connectivity index (χ1) is 15.3. The fraction of sp³-hybridized carbons (Fsp3) is 0.172. The van der Waals surface area contributed by atoms with Crippen LogP contribution in [0, 0.1) is 6.92 Å². The third-order valence-electron chi connectivity index (χ3n) is 5.34. The zero-order valence-corrected chi connectivity index (χ0v) is 18.7. The fourth-order valence-corrected chi connectivity index (χ4v) is 4.69. The van der Waals surface area contributed by atoms with E-state index >= 15 is 0 Å². The molecule has 0 aliphatic rings. The minimum Gasteiger partial charge on any atom is -0.489 e. The van der Waals surface area contributed by atoms with Crippen molar-refractivity contribution in [3.05, 3.63) is 131 Å². The molecule has 156 valence electrons. The van der Waals surface area contributed by atoms with Crippen LogP contribution < -0.4 is 4.74 Å². The third kappa shape index (κ3) is 6.50. The Balaban J connectivity index is 1.45. The fourth-order valence-electron chi connectivity index (χ4n) is 3.54. The molecule has 0 aliphatic carbocycles. The van der Waals surface area contributed by atoms with Gasteiger partial charge in [-0.3, -0.25) is 0 Å². The summed E-state index contributed by atoms with van der Waals surface area (Å²) < 4.78 is 5.98. The normalized spacial score (nSPS) is 11.8. The summed E-state index contributed by atoms with van der Waals surface area (Å²) in [7, 11) is 0. The van der Waals surface area contributed by atoms with Gasteiger partial charge in [0.05, 0.1) is 0 Å². The predicted octanol–water partition coefficient (Wildman–Crippen LogP) is 8.04. The molecule has 4 aromatic carbocycles. The molecule has 0 radical (unpaired) electrons. The van der Waals surface area contributed by atoms with Crippen LogP contribution in [0.3, 0.4) is 0 Å². The van der Waals surface area contributed by atoms with Gasteiger partial charge in [-0.25, -0.2) is 0 Å². The highest BCUT2D eigenvalue weighted by Crippen LogP contribution is 2.39. The standard InChI is InChI=1S/C29H28OS/c1-23-12-19-28(20-13-23)31-29(21-14-24-8-4-2-5-9-24)26-15-17-27(18-16-26)30-22-25-10-6-3-7-11-25/h2-13,15-20,29H,14,21-22H2,1H3. The number of aryl methyl sites for hydroxylation is 2. The van der Waals surface area contributed by atoms with Crippen LogP contribution >= 0.6 is 11.8 Å². The molecule has 4 rings (SSSR count). The van der Waals surface area contributed by atoms with E-state index in [2.05, 4.69) is 97.9 Å². The van der Waals surface area contributed by atoms with Crippen LogP contribution in [0.25, 0.3) is 0 Å². The lowest BCUT2D eigenvalue weighted by atomic mass is 10.0. The van der Waals surface area contributed by atoms with Gasteiger partial charge in [0.2, 0.25) is 0 Å². The largest absolute Gasteiger partial charge is 0.489 e. The van der Waals surface area contributed by atoms with Gasteiger partial charge in [0.15, 0.2) is 0 Å². The van der Waals surface area contributed by atoms with Crippen molar-refractivity contribution in [3.63, 3.8) is 0 Å². The van der Waals surface area contributed by atoms with Gasteiger partial charge in [-0.1, -0.05) is 90.5 Å². The lowest BCUT2D eigenvalue weighted by Gasteiger charge is -2.18. The highest BCUT2D eigenvalue weighted by atomic mass is 32.2. The van der Waals surface area contributed by atoms with E-state index in [0.29, 0.717) is 11.9 Å². The van der Waals surface area contributed by atoms with Crippen LogP contribution in [0.4, 0.5) is 0 Å². The summed E-state index contributed by atoms with van der Waals surface area (Å²) in [4.78, 5) is 1.31. The minimum atomic E-state index is 0.395. The molecule has 0 saturated heterocycles. The van der Waals surface area contributed by atoms with Gasteiger partial charge in [-0.2, -0.15) is 0 Å². The van der Waals surface area contributed by atoms with E-state index in [9.17, 15) is 0 Å². The Labute approximate surface area is 190 Å². The molecule has 0 saturated carbocycles. The first-order valence-corrected chi connectivity index (χ1v) is 11.7. The molecule has 1 atom stereocenters. The summed E-state index contributed by atoms with van der Waals surface area (Å²) in [5, 5.41) is 0.395. The number of rotatable bonds is 9. The van der Waals surface area contributed by atoms with Crippen LogP contribution in [0.1, 0.15) is 33.9 Å². The molecule has 0 N–H and O–H groups in total. The molecule has 1 nitrogen and oxygen atoms in total. The summed E-state index contributed by atoms with van der Waals surface area (Å²) in [5.74, 6) is 0.912. The molecule has 31 heavy (non-hydrogen) atoms. The van der Waals surface area contributed by atoms with Crippen molar-refractivity contribution in [3.8, 4) is 5.75 Å². The molecule has 0 aliphatic heterocycles. The van der Waals surface area contributed by atoms with E-state index in [1.54, 1.807) is 0 Å². The van der Waals surface area contributed by atoms with Crippen molar-refractivity contribution >= 4 is 11.8 Å². The zero-order chi connectivity index (χ0) is 21.3. The van der Waals surface area contributed by atoms with E-state index in [1.165, 1.54) is 27.1 Å². The predicted molar refractivity (Wildman–Crippen MR) is 132 cm³/mol. The first-order valence-electron chi connectivity index (χ1n) is 10.8. The summed E-state index contributed by atoms with van der Waals surface area (Å²) in [6, 6.07) is 38.5. The van der Waals surface area contributed by atoms with Gasteiger partial charge in [-0.15, -0.1) is 11.8 Å². The maximum Gasteiger partial charge on any atom is 0.119 e. The van der Waals surface area contributed by atoms with E-state index in [4.69, 9.17) is 4.74 Å². The lowest BCUT2D eigenvalue weighted by Crippen LogP contribution is -1.99. The van der Waals surface area contributed by atoms with Crippen molar-refractivity contribution in [1.82, 2.24) is 0 Å². The topological polar surface area (TPSA) is 9.23 Å². The Kier molecular flexibility index (Phi) is 7.46. The minimum absolute atomic E-state index is 0.395. The molecular weight excluding hydrogens is 396 g/mol. The molecule has 0 aromatic heterocycles. The molecule has 2 heteroatoms. The van der Waals surface area contributed by atoms with Gasteiger partial charge >= 0.3 is 0 Å². The summed E-state index contributed by atoms with van der Waals surface area (Å²) >= 11 is 1.95. The van der Waals surface area contributed by atoms with Crippen LogP contribution in [0.15, 0.2) is 114 Å². The molecule has 4 aromatic rings. The monoisotopic (exact) mass is 424 g/mol. The second kappa shape index (κ2) is 10.9. The van der Waals surface area contributed by atoms with Crippen molar-refractivity contribution in [2.75, 3.05) is 0 Å². The van der Waals surface area contributed by atoms with E-state index in [1.807, 2.05) is 30.0 Å². The molecule has 1 unspecified atom stereocenters. The van der Waals surface area contributed by atoms with E-state index in [-0.39, 0.29) is 0 Å². The second-order valence-corrected chi connectivity index (χ2v) is 9.06. The smallest absolute Gasteiger partial charge is 0.119 e. The van der Waals surface area contributed by atoms with Crippen LogP contribution in [0.2, 0.25) is 0 Å². The van der Waals surface area contributed by atoms with Gasteiger partial charge in [0.1, 0.15) is 12.4 Å². The third-order valence-corrected chi connectivity index (χ3v) is 6.67. The summed E-state index contributed by atoms with van der Waals surface area (Å²) in [6.07, 6.45) is 2.16. The quantitative estimate of drug-likeness (QED) is 0.251. The van der Waals surface area contributed by atoms with E-state index < -0.39 is 0 Å². The van der Waals surface area contributed by atoms with Crippen molar-refractivity contribution < 1.29 is 4.74 Å². The SMILES string of the molecule is Cc1ccc(SC(CCc2ccccc2)c2ccc(OCc3ccccc3)cc2)cc1. The van der Waals surface area contributed by atoms with Gasteiger partial charge in [0, 0.05) is 10.1 Å². The summed E-state index contributed by atoms with van der Waals surface area (Å²) in [5.41, 5.74) is 5.21. The number of ether oxygens (including phenoxy) is 1. The second-order valence-electron chi connectivity index (χ2n) is 7.79. The Bertz CT molecular complexity index is 1040. The first kappa shape index (κ1) is 21.3. The summed E-state index contributed by atoms with van der Waals surface area (Å²) in [6.45, 7) is 2.73. The van der Waals surface area contributed by atoms with E-state index in [0.717, 1.165) is 18.6 Å². The Morgan fingerprint density at radius 3 is 1.94 bits per heavy atom. The molecule has 0 bridgehead atoms. The highest BCUT2D eigenvalue weighted by Gasteiger charge is 2.14. The lowest BCUT2D eigenvalue weighted by molar-refractivity contribution is 0.306. The van der Waals surface area contributed by atoms with Gasteiger partial charge in [0.25, 0.3) is 0 Å². The Hall–Kier alpha value is -2.97. The number of hydrogen-bond acceptors (Lipinski definition) is 2. The number of thioether (sulfide) groups is 1. The van der Waals surface area contributed by atoms with Crippen molar-refractivity contribution in [1.29, 1.82) is 0 Å². The molecule has 0 heterocycles. The molecule has 0 spiro atoms. The Morgan fingerprint density at radius 2 is 1.29 bits per heavy atom. The van der Waals surface area contributed by atoms with Gasteiger partial charge < -0.3 is 4.74 Å². The van der Waals surface area contributed by atoms with Crippen LogP contribution in [0.5, 0.6) is 5.75 Å². The Morgan fingerprint density at radius 1 is 0.677 bits per heavy atom. The van der Waals surface area contributed by atoms with Crippen molar-refractivity contribution in [2.45, 2.75) is 36.5 Å². The van der Waals surface area contributed by atoms with Gasteiger partial charge in [-0.05, 0) is 60.7 Å². The molecule has 0 amide bonds. The average molecular weight is 425 g/mol. The molecule has 0 fully saturated rings. The van der Waals surface area contributed by atoms with Crippen molar-refractivity contribution in [2.24, 2.45) is 0 Å². The molecular formula is C29H28OS. The van der Waals surface area contributed by atoms with Crippen LogP contribution in [-0.2, 0) is 13.0 Å². The number of hydrogen-bond donors (Lipinski definition) is 0. The van der Waals surface area contributed by atoms with Crippen LogP contribution in [-0.4, -0.2) is 0 Å². The average Bonchev–Trinajstić information content (AvgIpc) is 2.83. The maximum atomic E-state index is 5.98. The highest BCUT2D eigenvalue weighted by molar-refractivity contribution is 7.99. The maximum absolute atomic E-state index is 5.98.